The number of benzene rings is 4. The van der Waals surface area contributed by atoms with Crippen LogP contribution in [0.3, 0.4) is 0 Å². The molecular formula is C34H20N6O2. The third-order valence-electron chi connectivity index (χ3n) is 7.35. The molecule has 198 valence electrons. The highest BCUT2D eigenvalue weighted by Crippen LogP contribution is 2.32. The molecule has 8 heteroatoms. The monoisotopic (exact) mass is 544 g/mol. The van der Waals surface area contributed by atoms with Crippen molar-refractivity contribution in [2.75, 3.05) is 0 Å². The maximum atomic E-state index is 14.1. The van der Waals surface area contributed by atoms with Crippen molar-refractivity contribution < 1.29 is 0 Å². The van der Waals surface area contributed by atoms with Crippen molar-refractivity contribution in [2.45, 2.75) is 0 Å². The Kier molecular flexibility index (Phi) is 5.26. The molecule has 0 aliphatic carbocycles. The van der Waals surface area contributed by atoms with Crippen LogP contribution >= 0.6 is 0 Å². The van der Waals surface area contributed by atoms with E-state index < -0.39 is 11.1 Å². The molecule has 4 aromatic heterocycles. The van der Waals surface area contributed by atoms with Gasteiger partial charge in [-0.2, -0.15) is 4.52 Å². The molecule has 0 fully saturated rings. The molecule has 0 bridgehead atoms. The standard InChI is InChI=1S/C34H20N6O2/c41-33-25-26(21-13-5-1-6-14-21)35-31(24-19-11-4-12-20-24)38-32(25)39-29-27(22-15-7-2-8-16-22)36-30(23-17-9-3-10-18-23)37-28(29)34(42)40(33)39/h1-20H. The maximum Gasteiger partial charge on any atom is 0.301 e. The van der Waals surface area contributed by atoms with Gasteiger partial charge in [-0.3, -0.25) is 9.59 Å². The van der Waals surface area contributed by atoms with E-state index in [0.717, 1.165) is 26.8 Å². The molecule has 0 atom stereocenters. The predicted octanol–water partition coefficient (Wildman–Crippen LogP) is 5.75. The number of rotatable bonds is 4. The average Bonchev–Trinajstić information content (AvgIpc) is 3.53. The lowest BCUT2D eigenvalue weighted by molar-refractivity contribution is 0.834. The number of hydrogen-bond acceptors (Lipinski definition) is 6. The molecule has 0 saturated heterocycles. The summed E-state index contributed by atoms with van der Waals surface area (Å²) >= 11 is 0. The summed E-state index contributed by atoms with van der Waals surface area (Å²) in [5, 5.41) is 0.256. The van der Waals surface area contributed by atoms with Gasteiger partial charge in [-0.1, -0.05) is 121 Å². The Morgan fingerprint density at radius 2 is 0.881 bits per heavy atom. The minimum absolute atomic E-state index is 0.142. The zero-order valence-electron chi connectivity index (χ0n) is 22.0. The van der Waals surface area contributed by atoms with Crippen molar-refractivity contribution in [3.05, 3.63) is 142 Å². The fourth-order valence-corrected chi connectivity index (χ4v) is 5.42. The lowest BCUT2D eigenvalue weighted by atomic mass is 10.1. The van der Waals surface area contributed by atoms with E-state index in [4.69, 9.17) is 19.9 Å². The van der Waals surface area contributed by atoms with E-state index in [9.17, 15) is 9.59 Å². The van der Waals surface area contributed by atoms with E-state index in [0.29, 0.717) is 34.2 Å². The maximum absolute atomic E-state index is 14.1. The molecule has 8 rings (SSSR count). The van der Waals surface area contributed by atoms with Crippen molar-refractivity contribution in [1.29, 1.82) is 0 Å². The molecule has 0 radical (unpaired) electrons. The van der Waals surface area contributed by atoms with Crippen molar-refractivity contribution >= 4 is 22.1 Å². The van der Waals surface area contributed by atoms with Crippen molar-refractivity contribution in [2.24, 2.45) is 0 Å². The largest absolute Gasteiger partial charge is 0.301 e. The van der Waals surface area contributed by atoms with Crippen LogP contribution in [-0.2, 0) is 0 Å². The molecule has 0 spiro atoms. The molecule has 0 unspecified atom stereocenters. The average molecular weight is 545 g/mol. The molecule has 42 heavy (non-hydrogen) atoms. The summed E-state index contributed by atoms with van der Waals surface area (Å²) in [6.45, 7) is 0. The minimum atomic E-state index is -0.537. The topological polar surface area (TPSA) is 94.5 Å². The van der Waals surface area contributed by atoms with Crippen LogP contribution in [-0.4, -0.2) is 29.0 Å². The van der Waals surface area contributed by atoms with Crippen molar-refractivity contribution in [3.63, 3.8) is 0 Å². The molecule has 0 aliphatic heterocycles. The Morgan fingerprint density at radius 3 is 1.43 bits per heavy atom. The second-order valence-electron chi connectivity index (χ2n) is 9.89. The molecule has 0 saturated carbocycles. The highest BCUT2D eigenvalue weighted by atomic mass is 16.2. The van der Waals surface area contributed by atoms with Crippen molar-refractivity contribution in [3.8, 4) is 45.3 Å². The Hall–Kier alpha value is -6.02. The molecule has 4 aromatic carbocycles. The van der Waals surface area contributed by atoms with Gasteiger partial charge in [0.2, 0.25) is 0 Å². The highest BCUT2D eigenvalue weighted by molar-refractivity contribution is 5.97. The van der Waals surface area contributed by atoms with Gasteiger partial charge < -0.3 is 0 Å². The van der Waals surface area contributed by atoms with Crippen LogP contribution in [0.2, 0.25) is 0 Å². The van der Waals surface area contributed by atoms with Crippen molar-refractivity contribution in [1.82, 2.24) is 29.0 Å². The SMILES string of the molecule is O=c1c2nc(-c3ccccc3)nc(-c3ccccc3)c2n2c3nc(-c4ccccc4)nc(-c4ccccc4)c3c(=O)n12. The Bertz CT molecular complexity index is 2370. The number of fused-ring (bicyclic) bond motifs is 5. The van der Waals surface area contributed by atoms with Gasteiger partial charge in [-0.05, 0) is 0 Å². The fraction of sp³-hybridized carbons (Fsp3) is 0. The molecule has 0 aliphatic rings. The summed E-state index contributed by atoms with van der Waals surface area (Å²) in [6, 6.07) is 38.1. The number of hydrogen-bond donors (Lipinski definition) is 0. The predicted molar refractivity (Wildman–Crippen MR) is 163 cm³/mol. The lowest BCUT2D eigenvalue weighted by Crippen LogP contribution is -2.22. The Labute approximate surface area is 238 Å². The highest BCUT2D eigenvalue weighted by Gasteiger charge is 2.27. The van der Waals surface area contributed by atoms with Gasteiger partial charge in [0, 0.05) is 22.3 Å². The zero-order chi connectivity index (χ0) is 28.2. The van der Waals surface area contributed by atoms with Gasteiger partial charge in [-0.15, -0.1) is 0 Å². The van der Waals surface area contributed by atoms with E-state index in [1.54, 1.807) is 4.52 Å². The second kappa shape index (κ2) is 9.28. The minimum Gasteiger partial charge on any atom is -0.266 e. The molecule has 0 amide bonds. The third kappa shape index (κ3) is 3.55. The molecule has 8 nitrogen and oxygen atoms in total. The van der Waals surface area contributed by atoms with E-state index in [1.807, 2.05) is 121 Å². The molecule has 8 aromatic rings. The van der Waals surface area contributed by atoms with Crippen LogP contribution in [0.1, 0.15) is 0 Å². The fourth-order valence-electron chi connectivity index (χ4n) is 5.42. The first-order valence-corrected chi connectivity index (χ1v) is 13.4. The van der Waals surface area contributed by atoms with Crippen LogP contribution in [0.4, 0.5) is 0 Å². The number of nitrogens with zero attached hydrogens (tertiary/aromatic N) is 6. The van der Waals surface area contributed by atoms with Gasteiger partial charge in [0.25, 0.3) is 5.56 Å². The smallest absolute Gasteiger partial charge is 0.266 e. The van der Waals surface area contributed by atoms with Crippen LogP contribution in [0.25, 0.3) is 67.4 Å². The van der Waals surface area contributed by atoms with Gasteiger partial charge >= 0.3 is 5.56 Å². The summed E-state index contributed by atoms with van der Waals surface area (Å²) in [5.74, 6) is 0.834. The second-order valence-corrected chi connectivity index (χ2v) is 9.89. The Morgan fingerprint density at radius 1 is 0.429 bits per heavy atom. The van der Waals surface area contributed by atoms with Crippen LogP contribution in [0.5, 0.6) is 0 Å². The quantitative estimate of drug-likeness (QED) is 0.280. The summed E-state index contributed by atoms with van der Waals surface area (Å²) < 4.78 is 2.67. The normalized spacial score (nSPS) is 11.5. The van der Waals surface area contributed by atoms with E-state index in [2.05, 4.69) is 0 Å². The third-order valence-corrected chi connectivity index (χ3v) is 7.35. The van der Waals surface area contributed by atoms with Crippen LogP contribution in [0.15, 0.2) is 131 Å². The molecule has 4 heterocycles. The lowest BCUT2D eigenvalue weighted by Gasteiger charge is -2.09. The van der Waals surface area contributed by atoms with Crippen LogP contribution in [0, 0.1) is 0 Å². The first-order valence-electron chi connectivity index (χ1n) is 13.4. The number of aromatic nitrogens is 6. The summed E-state index contributed by atoms with van der Waals surface area (Å²) in [6.07, 6.45) is 0. The van der Waals surface area contributed by atoms with Gasteiger partial charge in [0.05, 0.1) is 5.69 Å². The summed E-state index contributed by atoms with van der Waals surface area (Å²) in [7, 11) is 0. The van der Waals surface area contributed by atoms with E-state index >= 15 is 0 Å². The van der Waals surface area contributed by atoms with Gasteiger partial charge in [0.1, 0.15) is 16.6 Å². The molecular weight excluding hydrogens is 524 g/mol. The first kappa shape index (κ1) is 23.8. The molecule has 0 N–H and O–H groups in total. The van der Waals surface area contributed by atoms with Gasteiger partial charge in [-0.25, -0.2) is 24.5 Å². The summed E-state index contributed by atoms with van der Waals surface area (Å²) in [5.41, 5.74) is 3.88. The Balaban J connectivity index is 1.58. The van der Waals surface area contributed by atoms with Crippen LogP contribution < -0.4 is 11.1 Å². The van der Waals surface area contributed by atoms with E-state index in [-0.39, 0.29) is 10.9 Å². The first-order chi connectivity index (χ1) is 20.7. The summed E-state index contributed by atoms with van der Waals surface area (Å²) in [4.78, 5) is 47.6. The van der Waals surface area contributed by atoms with Gasteiger partial charge in [0.15, 0.2) is 22.8 Å². The zero-order valence-corrected chi connectivity index (χ0v) is 22.0. The van der Waals surface area contributed by atoms with E-state index in [1.165, 1.54) is 0 Å².